The van der Waals surface area contributed by atoms with Crippen LogP contribution in [-0.2, 0) is 11.3 Å². The Bertz CT molecular complexity index is 976. The van der Waals surface area contributed by atoms with Crippen molar-refractivity contribution in [2.75, 3.05) is 11.9 Å². The van der Waals surface area contributed by atoms with E-state index in [1.54, 1.807) is 36.4 Å². The molecule has 0 saturated carbocycles. The van der Waals surface area contributed by atoms with Gasteiger partial charge in [0, 0.05) is 17.8 Å². The van der Waals surface area contributed by atoms with E-state index in [0.29, 0.717) is 22.8 Å². The summed E-state index contributed by atoms with van der Waals surface area (Å²) in [6.07, 6.45) is 0. The number of benzene rings is 1. The Morgan fingerprint density at radius 3 is 2.77 bits per heavy atom. The van der Waals surface area contributed by atoms with Crippen molar-refractivity contribution in [3.8, 4) is 5.00 Å². The number of thiophene rings is 1. The standard InChI is InChI=1S/C16H16N6O3S/c1-2-17-15(24)11-5-3-6-12(9-11)18-13(23)10-21-16(25)22(20-19-21)14-7-4-8-26-14/h3-9H,2,10H2,1H3,(H,17,24)(H,18,23). The second-order valence-corrected chi connectivity index (χ2v) is 6.20. The molecule has 3 rings (SSSR count). The third-order valence-electron chi connectivity index (χ3n) is 3.39. The topological polar surface area (TPSA) is 111 Å². The van der Waals surface area contributed by atoms with E-state index in [9.17, 15) is 14.4 Å². The third-order valence-corrected chi connectivity index (χ3v) is 4.24. The van der Waals surface area contributed by atoms with Crippen LogP contribution in [0.4, 0.5) is 5.69 Å². The van der Waals surface area contributed by atoms with Gasteiger partial charge in [0.15, 0.2) is 0 Å². The van der Waals surface area contributed by atoms with Crippen molar-refractivity contribution in [3.63, 3.8) is 0 Å². The van der Waals surface area contributed by atoms with Gasteiger partial charge < -0.3 is 10.6 Å². The van der Waals surface area contributed by atoms with Crippen molar-refractivity contribution < 1.29 is 9.59 Å². The van der Waals surface area contributed by atoms with E-state index >= 15 is 0 Å². The maximum Gasteiger partial charge on any atom is 0.369 e. The average Bonchev–Trinajstić information content (AvgIpc) is 3.26. The molecule has 0 aliphatic heterocycles. The normalized spacial score (nSPS) is 10.5. The van der Waals surface area contributed by atoms with Gasteiger partial charge >= 0.3 is 5.69 Å². The van der Waals surface area contributed by atoms with Crippen LogP contribution in [0.2, 0.25) is 0 Å². The van der Waals surface area contributed by atoms with Crippen LogP contribution in [0.15, 0.2) is 46.6 Å². The SMILES string of the molecule is CCNC(=O)c1cccc(NC(=O)Cn2nnn(-c3cccs3)c2=O)c1. The number of nitrogens with one attached hydrogen (secondary N) is 2. The molecule has 0 unspecified atom stereocenters. The zero-order valence-corrected chi connectivity index (χ0v) is 14.7. The maximum absolute atomic E-state index is 12.2. The first-order chi connectivity index (χ1) is 12.6. The number of tetrazole rings is 1. The molecule has 0 saturated heterocycles. The molecule has 9 nitrogen and oxygen atoms in total. The van der Waals surface area contributed by atoms with E-state index in [2.05, 4.69) is 21.1 Å². The smallest absolute Gasteiger partial charge is 0.352 e. The minimum absolute atomic E-state index is 0.223. The zero-order chi connectivity index (χ0) is 18.5. The van der Waals surface area contributed by atoms with Crippen molar-refractivity contribution in [1.82, 2.24) is 25.1 Å². The Labute approximate surface area is 152 Å². The lowest BCUT2D eigenvalue weighted by Gasteiger charge is -2.07. The Kier molecular flexibility index (Phi) is 5.23. The van der Waals surface area contributed by atoms with Gasteiger partial charge in [-0.25, -0.2) is 4.79 Å². The fraction of sp³-hybridized carbons (Fsp3) is 0.188. The van der Waals surface area contributed by atoms with Gasteiger partial charge in [-0.3, -0.25) is 9.59 Å². The van der Waals surface area contributed by atoms with E-state index in [1.807, 2.05) is 12.3 Å². The van der Waals surface area contributed by atoms with Crippen LogP contribution >= 0.6 is 11.3 Å². The number of hydrogen-bond acceptors (Lipinski definition) is 6. The van der Waals surface area contributed by atoms with Gasteiger partial charge in [0.25, 0.3) is 5.91 Å². The number of carbonyl (C=O) groups excluding carboxylic acids is 2. The van der Waals surface area contributed by atoms with Crippen LogP contribution in [0.1, 0.15) is 17.3 Å². The highest BCUT2D eigenvalue weighted by Crippen LogP contribution is 2.12. The van der Waals surface area contributed by atoms with Crippen molar-refractivity contribution in [3.05, 3.63) is 57.8 Å². The molecule has 10 heteroatoms. The predicted molar refractivity (Wildman–Crippen MR) is 96.6 cm³/mol. The minimum Gasteiger partial charge on any atom is -0.352 e. The van der Waals surface area contributed by atoms with Crippen LogP contribution in [0.3, 0.4) is 0 Å². The molecule has 3 aromatic rings. The molecular weight excluding hydrogens is 356 g/mol. The average molecular weight is 372 g/mol. The lowest BCUT2D eigenvalue weighted by atomic mass is 10.2. The molecule has 0 fully saturated rings. The first-order valence-electron chi connectivity index (χ1n) is 7.83. The van der Waals surface area contributed by atoms with Crippen molar-refractivity contribution in [1.29, 1.82) is 0 Å². The first-order valence-corrected chi connectivity index (χ1v) is 8.71. The van der Waals surface area contributed by atoms with E-state index < -0.39 is 11.6 Å². The Morgan fingerprint density at radius 2 is 2.04 bits per heavy atom. The zero-order valence-electron chi connectivity index (χ0n) is 13.9. The quantitative estimate of drug-likeness (QED) is 0.667. The molecule has 0 atom stereocenters. The first kappa shape index (κ1) is 17.5. The molecule has 0 bridgehead atoms. The second-order valence-electron chi connectivity index (χ2n) is 5.27. The molecule has 2 N–H and O–H groups in total. The molecule has 26 heavy (non-hydrogen) atoms. The van der Waals surface area contributed by atoms with E-state index in [4.69, 9.17) is 0 Å². The summed E-state index contributed by atoms with van der Waals surface area (Å²) in [5.74, 6) is -0.669. The van der Waals surface area contributed by atoms with Crippen LogP contribution in [0.5, 0.6) is 0 Å². The molecular formula is C16H16N6O3S. The third kappa shape index (κ3) is 3.86. The summed E-state index contributed by atoms with van der Waals surface area (Å²) in [4.78, 5) is 36.3. The highest BCUT2D eigenvalue weighted by atomic mass is 32.1. The van der Waals surface area contributed by atoms with E-state index in [1.165, 1.54) is 11.3 Å². The van der Waals surface area contributed by atoms with Gasteiger partial charge in [0.1, 0.15) is 11.5 Å². The summed E-state index contributed by atoms with van der Waals surface area (Å²) in [5, 5.41) is 15.3. The van der Waals surface area contributed by atoms with Gasteiger partial charge in [-0.2, -0.15) is 9.36 Å². The molecule has 0 aliphatic carbocycles. The van der Waals surface area contributed by atoms with Crippen LogP contribution in [0, 0.1) is 0 Å². The summed E-state index contributed by atoms with van der Waals surface area (Å²) in [6, 6.07) is 10.1. The number of anilines is 1. The van der Waals surface area contributed by atoms with Gasteiger partial charge in [-0.1, -0.05) is 6.07 Å². The highest BCUT2D eigenvalue weighted by Gasteiger charge is 2.13. The predicted octanol–water partition coefficient (Wildman–Crippen LogP) is 0.879. The molecule has 0 aliphatic rings. The number of rotatable bonds is 6. The number of carbonyl (C=O) groups is 2. The lowest BCUT2D eigenvalue weighted by Crippen LogP contribution is -2.29. The summed E-state index contributed by atoms with van der Waals surface area (Å²) < 4.78 is 2.11. The number of hydrogen-bond donors (Lipinski definition) is 2. The highest BCUT2D eigenvalue weighted by molar-refractivity contribution is 7.12. The molecule has 0 spiro atoms. The van der Waals surface area contributed by atoms with Crippen LogP contribution in [-0.4, -0.2) is 38.1 Å². The number of aromatic nitrogens is 4. The van der Waals surface area contributed by atoms with Gasteiger partial charge in [0.05, 0.1) is 0 Å². The van der Waals surface area contributed by atoms with Crippen molar-refractivity contribution in [2.45, 2.75) is 13.5 Å². The monoisotopic (exact) mass is 372 g/mol. The second kappa shape index (κ2) is 7.74. The summed E-state index contributed by atoms with van der Waals surface area (Å²) >= 11 is 1.34. The maximum atomic E-state index is 12.2. The fourth-order valence-corrected chi connectivity index (χ4v) is 2.91. The molecule has 0 radical (unpaired) electrons. The summed E-state index contributed by atoms with van der Waals surface area (Å²) in [7, 11) is 0. The van der Waals surface area contributed by atoms with Crippen molar-refractivity contribution >= 4 is 28.8 Å². The molecule has 2 aromatic heterocycles. The van der Waals surface area contributed by atoms with Crippen LogP contribution < -0.4 is 16.3 Å². The summed E-state index contributed by atoms with van der Waals surface area (Å²) in [5.41, 5.74) is 0.390. The van der Waals surface area contributed by atoms with Crippen molar-refractivity contribution in [2.24, 2.45) is 0 Å². The largest absolute Gasteiger partial charge is 0.369 e. The van der Waals surface area contributed by atoms with Gasteiger partial charge in [-0.15, -0.1) is 11.3 Å². The van der Waals surface area contributed by atoms with E-state index in [-0.39, 0.29) is 12.5 Å². The Hall–Kier alpha value is -3.27. The minimum atomic E-state index is -0.501. The molecule has 1 aromatic carbocycles. The van der Waals surface area contributed by atoms with E-state index in [0.717, 1.165) is 9.36 Å². The molecule has 2 heterocycles. The lowest BCUT2D eigenvalue weighted by molar-refractivity contribution is -0.117. The number of amides is 2. The van der Waals surface area contributed by atoms with Crippen LogP contribution in [0.25, 0.3) is 5.00 Å². The summed E-state index contributed by atoms with van der Waals surface area (Å²) in [6.45, 7) is 2.05. The Morgan fingerprint density at radius 1 is 1.19 bits per heavy atom. The van der Waals surface area contributed by atoms with Gasteiger partial charge in [-0.05, 0) is 53.1 Å². The number of nitrogens with zero attached hydrogens (tertiary/aromatic N) is 4. The van der Waals surface area contributed by atoms with Gasteiger partial charge in [0.2, 0.25) is 5.91 Å². The fourth-order valence-electron chi connectivity index (χ4n) is 2.24. The molecule has 2 amide bonds. The molecule has 134 valence electrons. The Balaban J connectivity index is 1.69.